The van der Waals surface area contributed by atoms with Gasteiger partial charge in [-0.15, -0.1) is 15.0 Å². The van der Waals surface area contributed by atoms with E-state index in [0.717, 1.165) is 82.1 Å². The molecule has 0 fully saturated rings. The van der Waals surface area contributed by atoms with Gasteiger partial charge in [0, 0.05) is 120 Å². The summed E-state index contributed by atoms with van der Waals surface area (Å²) in [4.78, 5) is 35.3. The van der Waals surface area contributed by atoms with Crippen molar-refractivity contribution in [2.75, 3.05) is 0 Å². The SMILES string of the molecule is c1ccc2c(C(c3ccc(Oc4nc(Oc5ccc(C(c6c[nH]c7ccccc67)c6c[nH]c7ccccc67)cc5)nc(Oc5ccc(C(c6c[nH]c7ccccc67)c6c[nH]c7ccccc67)cc5)n4)cc3)c3c[nH]c4ccccc34)c[nH]c2c1. The molecular formula is C72H51N9O3. The Kier molecular flexibility index (Phi) is 11.7. The van der Waals surface area contributed by atoms with E-state index in [0.29, 0.717) is 17.2 Å². The molecule has 0 radical (unpaired) electrons. The lowest BCUT2D eigenvalue weighted by Gasteiger charge is -2.18. The molecule has 0 amide bonds. The molecule has 0 unspecified atom stereocenters. The Morgan fingerprint density at radius 2 is 0.417 bits per heavy atom. The Hall–Kier alpha value is -11.4. The first-order valence-corrected chi connectivity index (χ1v) is 28.1. The van der Waals surface area contributed by atoms with Crippen molar-refractivity contribution in [3.63, 3.8) is 0 Å². The smallest absolute Gasteiger partial charge is 0.331 e. The zero-order chi connectivity index (χ0) is 55.5. The van der Waals surface area contributed by atoms with Gasteiger partial charge in [0.15, 0.2) is 0 Å². The lowest BCUT2D eigenvalue weighted by Crippen LogP contribution is -2.04. The van der Waals surface area contributed by atoms with E-state index >= 15 is 0 Å². The van der Waals surface area contributed by atoms with Crippen LogP contribution in [0.4, 0.5) is 0 Å². The number of hydrogen-bond donors (Lipinski definition) is 6. The summed E-state index contributed by atoms with van der Waals surface area (Å²) < 4.78 is 19.7. The fraction of sp³-hybridized carbons (Fsp3) is 0.0417. The fourth-order valence-electron chi connectivity index (χ4n) is 12.5. The van der Waals surface area contributed by atoms with E-state index in [1.54, 1.807) is 0 Å². The largest absolute Gasteiger partial charge is 0.424 e. The molecule has 16 aromatic rings. The maximum absolute atomic E-state index is 6.55. The van der Waals surface area contributed by atoms with Crippen LogP contribution >= 0.6 is 0 Å². The van der Waals surface area contributed by atoms with Crippen LogP contribution in [-0.4, -0.2) is 44.9 Å². The molecule has 12 heteroatoms. The number of aromatic nitrogens is 9. The summed E-state index contributed by atoms with van der Waals surface area (Å²) in [7, 11) is 0. The Morgan fingerprint density at radius 3 is 0.619 bits per heavy atom. The zero-order valence-electron chi connectivity index (χ0n) is 45.0. The normalized spacial score (nSPS) is 11.9. The lowest BCUT2D eigenvalue weighted by molar-refractivity contribution is 0.362. The van der Waals surface area contributed by atoms with Crippen molar-refractivity contribution < 1.29 is 14.2 Å². The molecule has 402 valence electrons. The number of rotatable bonds is 15. The van der Waals surface area contributed by atoms with Gasteiger partial charge in [0.25, 0.3) is 0 Å². The van der Waals surface area contributed by atoms with Gasteiger partial charge in [-0.25, -0.2) is 0 Å². The minimum atomic E-state index is -0.0960. The predicted molar refractivity (Wildman–Crippen MR) is 332 cm³/mol. The van der Waals surface area contributed by atoms with Crippen LogP contribution in [0.5, 0.6) is 35.3 Å². The molecular weight excluding hydrogens is 1040 g/mol. The van der Waals surface area contributed by atoms with Gasteiger partial charge in [-0.2, -0.15) is 0 Å². The number of nitrogens with one attached hydrogen (secondary N) is 6. The van der Waals surface area contributed by atoms with E-state index in [9.17, 15) is 0 Å². The molecule has 0 saturated carbocycles. The number of aromatic amines is 6. The van der Waals surface area contributed by atoms with E-state index in [1.165, 1.54) is 33.4 Å². The minimum Gasteiger partial charge on any atom is -0.424 e. The first-order valence-electron chi connectivity index (χ1n) is 28.1. The lowest BCUT2D eigenvalue weighted by atomic mass is 9.85. The third kappa shape index (κ3) is 8.68. The number of ether oxygens (including phenoxy) is 3. The molecule has 0 aliphatic heterocycles. The Bertz CT molecular complexity index is 4310. The monoisotopic (exact) mass is 1090 g/mol. The summed E-state index contributed by atoms with van der Waals surface area (Å²) in [6.45, 7) is 0. The molecule has 9 aromatic carbocycles. The summed E-state index contributed by atoms with van der Waals surface area (Å²) in [6, 6.07) is 74.8. The van der Waals surface area contributed by atoms with Gasteiger partial charge in [-0.05, 0) is 123 Å². The highest BCUT2D eigenvalue weighted by molar-refractivity contribution is 5.92. The Morgan fingerprint density at radius 1 is 0.226 bits per heavy atom. The molecule has 7 aromatic heterocycles. The van der Waals surface area contributed by atoms with Crippen molar-refractivity contribution in [3.05, 3.63) is 306 Å². The van der Waals surface area contributed by atoms with Gasteiger partial charge in [-0.3, -0.25) is 0 Å². The van der Waals surface area contributed by atoms with Gasteiger partial charge < -0.3 is 44.1 Å². The molecule has 6 N–H and O–H groups in total. The number of nitrogens with zero attached hydrogens (tertiary/aromatic N) is 3. The fourth-order valence-corrected chi connectivity index (χ4v) is 12.5. The van der Waals surface area contributed by atoms with Gasteiger partial charge in [0.2, 0.25) is 0 Å². The first kappa shape index (κ1) is 48.5. The first-order chi connectivity index (χ1) is 41.6. The third-order valence-electron chi connectivity index (χ3n) is 16.4. The van der Waals surface area contributed by atoms with Crippen molar-refractivity contribution in [2.24, 2.45) is 0 Å². The van der Waals surface area contributed by atoms with Gasteiger partial charge in [-0.1, -0.05) is 146 Å². The highest BCUT2D eigenvalue weighted by atomic mass is 16.5. The van der Waals surface area contributed by atoms with Crippen molar-refractivity contribution in [1.29, 1.82) is 0 Å². The second-order valence-electron chi connectivity index (χ2n) is 21.2. The second-order valence-corrected chi connectivity index (χ2v) is 21.2. The molecule has 0 spiro atoms. The van der Waals surface area contributed by atoms with Crippen LogP contribution in [0.2, 0.25) is 0 Å². The Balaban J connectivity index is 0.746. The molecule has 7 heterocycles. The number of benzene rings is 9. The Labute approximate surface area is 480 Å². The highest BCUT2D eigenvalue weighted by Gasteiger charge is 2.27. The summed E-state index contributed by atoms with van der Waals surface area (Å²) in [5.74, 6) is 1.28. The molecule has 0 aliphatic rings. The summed E-state index contributed by atoms with van der Waals surface area (Å²) in [6.07, 6.45) is 12.7. The van der Waals surface area contributed by atoms with Crippen LogP contribution in [0.25, 0.3) is 65.4 Å². The zero-order valence-corrected chi connectivity index (χ0v) is 45.0. The number of para-hydroxylation sites is 6. The quantitative estimate of drug-likeness (QED) is 0.0599. The number of hydrogen-bond acceptors (Lipinski definition) is 6. The molecule has 0 saturated heterocycles. The molecule has 84 heavy (non-hydrogen) atoms. The van der Waals surface area contributed by atoms with E-state index in [2.05, 4.69) is 249 Å². The number of fused-ring (bicyclic) bond motifs is 6. The molecule has 0 aliphatic carbocycles. The molecule has 0 bridgehead atoms. The van der Waals surface area contributed by atoms with Crippen LogP contribution in [0, 0.1) is 0 Å². The average Bonchev–Trinajstić information content (AvgIpc) is 3.65. The van der Waals surface area contributed by atoms with Crippen LogP contribution in [0.15, 0.2) is 256 Å². The van der Waals surface area contributed by atoms with Gasteiger partial charge >= 0.3 is 18.0 Å². The summed E-state index contributed by atoms with van der Waals surface area (Å²) >= 11 is 0. The maximum Gasteiger partial charge on any atom is 0.331 e. The summed E-state index contributed by atoms with van der Waals surface area (Å²) in [5, 5.41) is 6.97. The van der Waals surface area contributed by atoms with Crippen molar-refractivity contribution in [1.82, 2.24) is 44.9 Å². The molecule has 0 atom stereocenters. The van der Waals surface area contributed by atoms with Crippen molar-refractivity contribution in [3.8, 4) is 35.3 Å². The van der Waals surface area contributed by atoms with Crippen molar-refractivity contribution >= 4 is 65.4 Å². The van der Waals surface area contributed by atoms with Crippen LogP contribution < -0.4 is 14.2 Å². The van der Waals surface area contributed by atoms with Crippen LogP contribution in [-0.2, 0) is 0 Å². The standard InChI is InChI=1S/C72H51N9O3/c1-7-19-61-49(13-1)55(37-73-61)67(56-38-74-62-20-8-2-14-50(56)62)43-25-31-46(32-26-43)82-70-79-71(83-47-33-27-44(28-34-47)68(57-39-75-63-21-9-3-15-51(57)63)58-40-76-64-22-10-4-16-52(58)64)81-72(80-70)84-48-35-29-45(30-36-48)69(59-41-77-65-23-11-5-17-53(59)65)60-42-78-66-24-12-6-18-54(60)66/h1-42,67-69,73-78H. The third-order valence-corrected chi connectivity index (χ3v) is 16.4. The van der Waals surface area contributed by atoms with Crippen LogP contribution in [0.3, 0.4) is 0 Å². The molecule has 16 rings (SSSR count). The predicted octanol–water partition coefficient (Wildman–Crippen LogP) is 17.7. The van der Waals surface area contributed by atoms with E-state index in [1.807, 2.05) is 36.4 Å². The van der Waals surface area contributed by atoms with Crippen LogP contribution in [0.1, 0.15) is 67.8 Å². The highest BCUT2D eigenvalue weighted by Crippen LogP contribution is 2.44. The minimum absolute atomic E-state index is 0.00160. The number of H-pyrrole nitrogens is 6. The second kappa shape index (κ2) is 20.3. The summed E-state index contributed by atoms with van der Waals surface area (Å²) in [5.41, 5.74) is 16.7. The van der Waals surface area contributed by atoms with E-state index < -0.39 is 0 Å². The van der Waals surface area contributed by atoms with Gasteiger partial charge in [0.1, 0.15) is 17.2 Å². The molecule has 12 nitrogen and oxygen atoms in total. The maximum atomic E-state index is 6.55. The van der Waals surface area contributed by atoms with E-state index in [-0.39, 0.29) is 35.8 Å². The average molecular weight is 1090 g/mol. The topological polar surface area (TPSA) is 161 Å². The van der Waals surface area contributed by atoms with E-state index in [4.69, 9.17) is 29.2 Å². The van der Waals surface area contributed by atoms with Gasteiger partial charge in [0.05, 0.1) is 0 Å². The van der Waals surface area contributed by atoms with Crippen molar-refractivity contribution in [2.45, 2.75) is 17.8 Å².